The summed E-state index contributed by atoms with van der Waals surface area (Å²) in [5.74, 6) is 0. The lowest BCUT2D eigenvalue weighted by Crippen LogP contribution is -2.18. The van der Waals surface area contributed by atoms with Crippen LogP contribution in [0.3, 0.4) is 0 Å². The van der Waals surface area contributed by atoms with Crippen LogP contribution in [0.2, 0.25) is 0 Å². The predicted molar refractivity (Wildman–Crippen MR) is 70.0 cm³/mol. The number of para-hydroxylation sites is 2. The van der Waals surface area contributed by atoms with E-state index >= 15 is 0 Å². The first kappa shape index (κ1) is 10.7. The summed E-state index contributed by atoms with van der Waals surface area (Å²) in [6.07, 6.45) is 0. The molecule has 18 heavy (non-hydrogen) atoms. The Balaban J connectivity index is 2.82. The second kappa shape index (κ2) is 3.55. The molecule has 0 amide bonds. The van der Waals surface area contributed by atoms with Gasteiger partial charge >= 0.3 is 5.69 Å². The van der Waals surface area contributed by atoms with Crippen LogP contribution in [0, 0.1) is 16.0 Å². The van der Waals surface area contributed by atoms with Crippen LogP contribution in [0.25, 0.3) is 16.7 Å². The molecule has 6 heteroatoms. The Morgan fingerprint density at radius 3 is 2.67 bits per heavy atom. The number of aromatic amines is 1. The number of nitrogens with zero attached hydrogens (tertiary/aromatic N) is 3. The third-order valence-electron chi connectivity index (χ3n) is 3.00. The largest absolute Gasteiger partial charge is 0.332 e. The van der Waals surface area contributed by atoms with Crippen LogP contribution in [0.1, 0.15) is 5.56 Å². The molecule has 0 fully saturated rings. The maximum absolute atomic E-state index is 12.0. The summed E-state index contributed by atoms with van der Waals surface area (Å²) >= 11 is 5.03. The number of hydrogen-bond acceptors (Lipinski definition) is 3. The van der Waals surface area contributed by atoms with Gasteiger partial charge in [0.1, 0.15) is 21.9 Å². The van der Waals surface area contributed by atoms with Gasteiger partial charge in [-0.3, -0.25) is 4.98 Å². The third-order valence-corrected chi connectivity index (χ3v) is 3.31. The van der Waals surface area contributed by atoms with Crippen molar-refractivity contribution < 1.29 is 0 Å². The van der Waals surface area contributed by atoms with Crippen LogP contribution < -0.4 is 5.69 Å². The number of H-pyrrole nitrogens is 1. The van der Waals surface area contributed by atoms with Gasteiger partial charge in [0.2, 0.25) is 0 Å². The summed E-state index contributed by atoms with van der Waals surface area (Å²) in [7, 11) is 1.81. The molecule has 2 heterocycles. The van der Waals surface area contributed by atoms with Crippen molar-refractivity contribution in [3.63, 3.8) is 0 Å². The molecular weight excluding hydrogens is 248 g/mol. The van der Waals surface area contributed by atoms with E-state index in [9.17, 15) is 10.1 Å². The van der Waals surface area contributed by atoms with E-state index < -0.39 is 0 Å². The number of nitriles is 1. The van der Waals surface area contributed by atoms with Crippen LogP contribution in [0.15, 0.2) is 29.1 Å². The van der Waals surface area contributed by atoms with Gasteiger partial charge in [-0.25, -0.2) is 9.20 Å². The fourth-order valence-corrected chi connectivity index (χ4v) is 2.44. The molecule has 0 aliphatic heterocycles. The zero-order valence-corrected chi connectivity index (χ0v) is 10.3. The SMILES string of the molecule is Cn1c2ccccc2n2c(=O)[nH]c(=S)c(C#N)c12. The highest BCUT2D eigenvalue weighted by Crippen LogP contribution is 2.19. The van der Waals surface area contributed by atoms with Crippen molar-refractivity contribution in [2.75, 3.05) is 0 Å². The first-order valence-corrected chi connectivity index (χ1v) is 5.68. The lowest BCUT2D eigenvalue weighted by molar-refractivity contribution is 0.937. The second-order valence-corrected chi connectivity index (χ2v) is 4.36. The molecule has 0 atom stereocenters. The van der Waals surface area contributed by atoms with E-state index in [1.165, 1.54) is 4.40 Å². The monoisotopic (exact) mass is 256 g/mol. The highest BCUT2D eigenvalue weighted by atomic mass is 32.1. The number of rotatable bonds is 0. The standard InChI is InChI=1S/C12H8N4OS/c1-15-8-4-2-3-5-9(8)16-11(15)7(6-13)10(18)14-12(16)17/h2-5H,1H3,(H,14,17,18). The third kappa shape index (κ3) is 1.19. The minimum absolute atomic E-state index is 0.174. The van der Waals surface area contributed by atoms with Gasteiger partial charge in [0.05, 0.1) is 11.0 Å². The fraction of sp³-hybridized carbons (Fsp3) is 0.0833. The molecule has 0 unspecified atom stereocenters. The number of imidazole rings is 1. The van der Waals surface area contributed by atoms with Gasteiger partial charge in [0.25, 0.3) is 0 Å². The van der Waals surface area contributed by atoms with Crippen LogP contribution in [0.5, 0.6) is 0 Å². The summed E-state index contributed by atoms with van der Waals surface area (Å²) in [4.78, 5) is 14.5. The van der Waals surface area contributed by atoms with E-state index in [0.29, 0.717) is 11.2 Å². The first-order valence-electron chi connectivity index (χ1n) is 5.27. The zero-order valence-electron chi connectivity index (χ0n) is 9.47. The molecular formula is C12H8N4OS. The molecule has 0 saturated heterocycles. The average molecular weight is 256 g/mol. The molecule has 1 aromatic carbocycles. The lowest BCUT2D eigenvalue weighted by atomic mass is 10.3. The number of nitrogens with one attached hydrogen (secondary N) is 1. The minimum atomic E-state index is -0.328. The van der Waals surface area contributed by atoms with Crippen molar-refractivity contribution in [2.24, 2.45) is 7.05 Å². The Kier molecular flexibility index (Phi) is 2.12. The van der Waals surface area contributed by atoms with Crippen molar-refractivity contribution in [3.8, 4) is 6.07 Å². The van der Waals surface area contributed by atoms with E-state index in [-0.39, 0.29) is 10.3 Å². The van der Waals surface area contributed by atoms with E-state index in [1.54, 1.807) is 4.57 Å². The number of aryl methyl sites for hydroxylation is 1. The van der Waals surface area contributed by atoms with E-state index in [1.807, 2.05) is 31.3 Å². The van der Waals surface area contributed by atoms with Gasteiger partial charge in [0, 0.05) is 7.05 Å². The molecule has 3 rings (SSSR count). The molecule has 1 N–H and O–H groups in total. The molecule has 3 aromatic rings. The van der Waals surface area contributed by atoms with Crippen LogP contribution in [-0.4, -0.2) is 14.0 Å². The quantitative estimate of drug-likeness (QED) is 0.623. The zero-order chi connectivity index (χ0) is 12.9. The Morgan fingerprint density at radius 2 is 2.00 bits per heavy atom. The van der Waals surface area contributed by atoms with Gasteiger partial charge in [0.15, 0.2) is 0 Å². The van der Waals surface area contributed by atoms with Crippen molar-refractivity contribution in [2.45, 2.75) is 0 Å². The van der Waals surface area contributed by atoms with Gasteiger partial charge < -0.3 is 4.57 Å². The number of aromatic nitrogens is 3. The highest BCUT2D eigenvalue weighted by Gasteiger charge is 2.14. The van der Waals surface area contributed by atoms with E-state index in [4.69, 9.17) is 12.2 Å². The summed E-state index contributed by atoms with van der Waals surface area (Å²) < 4.78 is 3.45. The maximum Gasteiger partial charge on any atom is 0.332 e. The summed E-state index contributed by atoms with van der Waals surface area (Å²) in [6.45, 7) is 0. The fourth-order valence-electron chi connectivity index (χ4n) is 2.22. The average Bonchev–Trinajstić information content (AvgIpc) is 2.65. The molecule has 0 aliphatic carbocycles. The molecule has 0 bridgehead atoms. The normalized spacial score (nSPS) is 10.9. The lowest BCUT2D eigenvalue weighted by Gasteiger charge is -1.99. The second-order valence-electron chi connectivity index (χ2n) is 3.95. The van der Waals surface area contributed by atoms with Crippen molar-refractivity contribution >= 4 is 28.9 Å². The number of hydrogen-bond donors (Lipinski definition) is 1. The predicted octanol–water partition coefficient (Wildman–Crippen LogP) is 1.72. The summed E-state index contributed by atoms with van der Waals surface area (Å²) in [6, 6.07) is 9.52. The summed E-state index contributed by atoms with van der Waals surface area (Å²) in [5, 5.41) is 9.19. The topological polar surface area (TPSA) is 66.0 Å². The Morgan fingerprint density at radius 1 is 1.33 bits per heavy atom. The molecule has 0 spiro atoms. The summed E-state index contributed by atoms with van der Waals surface area (Å²) in [5.41, 5.74) is 2.13. The van der Waals surface area contributed by atoms with Crippen LogP contribution >= 0.6 is 12.2 Å². The smallest absolute Gasteiger partial charge is 0.327 e. The molecule has 0 saturated carbocycles. The minimum Gasteiger partial charge on any atom is -0.327 e. The van der Waals surface area contributed by atoms with Crippen molar-refractivity contribution in [1.82, 2.24) is 14.0 Å². The van der Waals surface area contributed by atoms with E-state index in [0.717, 1.165) is 11.0 Å². The number of fused-ring (bicyclic) bond motifs is 3. The maximum atomic E-state index is 12.0. The molecule has 5 nitrogen and oxygen atoms in total. The van der Waals surface area contributed by atoms with Crippen molar-refractivity contribution in [1.29, 1.82) is 5.26 Å². The Bertz CT molecular complexity index is 939. The molecule has 2 aromatic heterocycles. The Labute approximate surface area is 107 Å². The highest BCUT2D eigenvalue weighted by molar-refractivity contribution is 7.71. The van der Waals surface area contributed by atoms with Crippen LogP contribution in [-0.2, 0) is 7.05 Å². The van der Waals surface area contributed by atoms with Crippen molar-refractivity contribution in [3.05, 3.63) is 45.0 Å². The van der Waals surface area contributed by atoms with E-state index in [2.05, 4.69) is 11.1 Å². The first-order chi connectivity index (χ1) is 8.65. The molecule has 0 radical (unpaired) electrons. The van der Waals surface area contributed by atoms with Gasteiger partial charge in [-0.05, 0) is 12.1 Å². The van der Waals surface area contributed by atoms with Gasteiger partial charge in [-0.1, -0.05) is 24.4 Å². The van der Waals surface area contributed by atoms with Gasteiger partial charge in [-0.2, -0.15) is 5.26 Å². The molecule has 0 aliphatic rings. The molecule has 88 valence electrons. The van der Waals surface area contributed by atoms with Crippen LogP contribution in [0.4, 0.5) is 0 Å². The number of benzene rings is 1. The Hall–Kier alpha value is -2.39. The van der Waals surface area contributed by atoms with Gasteiger partial charge in [-0.15, -0.1) is 0 Å².